The van der Waals surface area contributed by atoms with Crippen LogP contribution in [-0.2, 0) is 17.9 Å². The normalized spacial score (nSPS) is 21.8. The zero-order chi connectivity index (χ0) is 19.3. The molecule has 0 spiro atoms. The maximum absolute atomic E-state index is 13.1. The number of carbonyl (C=O) groups is 1. The van der Waals surface area contributed by atoms with E-state index in [1.54, 1.807) is 0 Å². The van der Waals surface area contributed by atoms with Gasteiger partial charge in [0.15, 0.2) is 0 Å². The van der Waals surface area contributed by atoms with Gasteiger partial charge in [0.05, 0.1) is 11.6 Å². The van der Waals surface area contributed by atoms with E-state index in [0.29, 0.717) is 5.91 Å². The summed E-state index contributed by atoms with van der Waals surface area (Å²) in [4.78, 5) is 19.9. The molecule has 1 unspecified atom stereocenters. The van der Waals surface area contributed by atoms with Gasteiger partial charge in [0.25, 0.3) is 0 Å². The lowest BCUT2D eigenvalue weighted by atomic mass is 9.95. The number of amides is 1. The highest BCUT2D eigenvalue weighted by molar-refractivity contribution is 5.79. The molecule has 2 aliphatic heterocycles. The Balaban J connectivity index is 1.26. The van der Waals surface area contributed by atoms with Crippen LogP contribution in [0.2, 0.25) is 0 Å². The van der Waals surface area contributed by atoms with Crippen molar-refractivity contribution >= 4 is 5.91 Å². The van der Waals surface area contributed by atoms with Crippen molar-refractivity contribution < 1.29 is 9.32 Å². The molecule has 1 aromatic heterocycles. The summed E-state index contributed by atoms with van der Waals surface area (Å²) in [6.07, 6.45) is 2.12. The molecular weight excluding hydrogens is 352 g/mol. The largest absolute Gasteiger partial charge is 0.361 e. The van der Waals surface area contributed by atoms with Crippen LogP contribution < -0.4 is 0 Å². The van der Waals surface area contributed by atoms with Gasteiger partial charge in [0.2, 0.25) is 5.91 Å². The summed E-state index contributed by atoms with van der Waals surface area (Å²) >= 11 is 0. The van der Waals surface area contributed by atoms with Crippen molar-refractivity contribution in [1.82, 2.24) is 19.9 Å². The molecule has 6 heteroatoms. The minimum Gasteiger partial charge on any atom is -0.361 e. The molecule has 4 rings (SSSR count). The standard InChI is InChI=1S/C22H30N4O2/c1-18-14-21(23-28-18)17-24-10-12-26(13-11-24)22(27)20-8-5-9-25(16-20)15-19-6-3-2-4-7-19/h2-4,6-7,14,20H,5,8-13,15-17H2,1H3. The van der Waals surface area contributed by atoms with Crippen LogP contribution in [0, 0.1) is 12.8 Å². The summed E-state index contributed by atoms with van der Waals surface area (Å²) < 4.78 is 5.15. The third kappa shape index (κ3) is 4.80. The zero-order valence-electron chi connectivity index (χ0n) is 16.7. The predicted molar refractivity (Wildman–Crippen MR) is 108 cm³/mol. The second-order valence-electron chi connectivity index (χ2n) is 8.09. The highest BCUT2D eigenvalue weighted by Crippen LogP contribution is 2.21. The number of nitrogens with zero attached hydrogens (tertiary/aromatic N) is 4. The van der Waals surface area contributed by atoms with Gasteiger partial charge in [0, 0.05) is 51.9 Å². The van der Waals surface area contributed by atoms with Gasteiger partial charge in [-0.05, 0) is 31.9 Å². The van der Waals surface area contributed by atoms with E-state index in [4.69, 9.17) is 4.52 Å². The second-order valence-corrected chi connectivity index (χ2v) is 8.09. The molecule has 28 heavy (non-hydrogen) atoms. The maximum Gasteiger partial charge on any atom is 0.227 e. The molecule has 2 aromatic rings. The molecule has 2 saturated heterocycles. The Morgan fingerprint density at radius 1 is 1.07 bits per heavy atom. The van der Waals surface area contributed by atoms with Crippen molar-refractivity contribution in [3.63, 3.8) is 0 Å². The van der Waals surface area contributed by atoms with E-state index in [2.05, 4.69) is 50.2 Å². The van der Waals surface area contributed by atoms with Crippen molar-refractivity contribution in [1.29, 1.82) is 0 Å². The van der Waals surface area contributed by atoms with E-state index in [0.717, 1.165) is 76.7 Å². The number of benzene rings is 1. The number of hydrogen-bond acceptors (Lipinski definition) is 5. The van der Waals surface area contributed by atoms with E-state index < -0.39 is 0 Å². The number of likely N-dealkylation sites (tertiary alicyclic amines) is 1. The van der Waals surface area contributed by atoms with Crippen LogP contribution in [0.5, 0.6) is 0 Å². The number of rotatable bonds is 5. The summed E-state index contributed by atoms with van der Waals surface area (Å²) in [5.41, 5.74) is 2.30. The summed E-state index contributed by atoms with van der Waals surface area (Å²) in [5.74, 6) is 1.33. The highest BCUT2D eigenvalue weighted by atomic mass is 16.5. The van der Waals surface area contributed by atoms with Gasteiger partial charge < -0.3 is 9.42 Å². The van der Waals surface area contributed by atoms with Gasteiger partial charge in [0.1, 0.15) is 5.76 Å². The molecule has 0 aliphatic carbocycles. The molecular formula is C22H30N4O2. The molecule has 150 valence electrons. The van der Waals surface area contributed by atoms with Gasteiger partial charge in [-0.15, -0.1) is 0 Å². The van der Waals surface area contributed by atoms with Crippen molar-refractivity contribution in [2.75, 3.05) is 39.3 Å². The van der Waals surface area contributed by atoms with Crippen molar-refractivity contribution in [3.05, 3.63) is 53.4 Å². The lowest BCUT2D eigenvalue weighted by Crippen LogP contribution is -2.52. The maximum atomic E-state index is 13.1. The average molecular weight is 383 g/mol. The van der Waals surface area contributed by atoms with Gasteiger partial charge in [-0.2, -0.15) is 0 Å². The Hall–Kier alpha value is -2.18. The molecule has 2 aliphatic rings. The smallest absolute Gasteiger partial charge is 0.227 e. The molecule has 2 fully saturated rings. The van der Waals surface area contributed by atoms with Crippen molar-refractivity contribution in [2.45, 2.75) is 32.9 Å². The number of piperazine rings is 1. The Labute approximate surface area is 167 Å². The topological polar surface area (TPSA) is 52.8 Å². The molecule has 1 aromatic carbocycles. The van der Waals surface area contributed by atoms with Crippen LogP contribution in [0.25, 0.3) is 0 Å². The fourth-order valence-corrected chi connectivity index (χ4v) is 4.35. The number of aryl methyl sites for hydroxylation is 1. The fraction of sp³-hybridized carbons (Fsp3) is 0.545. The van der Waals surface area contributed by atoms with Crippen LogP contribution in [0.15, 0.2) is 40.9 Å². The van der Waals surface area contributed by atoms with E-state index in [1.165, 1.54) is 5.56 Å². The monoisotopic (exact) mass is 382 g/mol. The summed E-state index contributed by atoms with van der Waals surface area (Å²) in [6, 6.07) is 12.5. The highest BCUT2D eigenvalue weighted by Gasteiger charge is 2.31. The minimum absolute atomic E-state index is 0.141. The Morgan fingerprint density at radius 3 is 2.57 bits per heavy atom. The van der Waals surface area contributed by atoms with Gasteiger partial charge in [-0.3, -0.25) is 14.6 Å². The first-order valence-corrected chi connectivity index (χ1v) is 10.4. The molecule has 1 atom stereocenters. The molecule has 3 heterocycles. The Morgan fingerprint density at radius 2 is 1.86 bits per heavy atom. The second kappa shape index (κ2) is 8.88. The van der Waals surface area contributed by atoms with Gasteiger partial charge >= 0.3 is 0 Å². The lowest BCUT2D eigenvalue weighted by Gasteiger charge is -2.38. The number of piperidine rings is 1. The molecule has 0 saturated carbocycles. The van der Waals surface area contributed by atoms with Gasteiger partial charge in [-0.25, -0.2) is 0 Å². The molecule has 0 bridgehead atoms. The molecule has 1 amide bonds. The molecule has 0 radical (unpaired) electrons. The van der Waals surface area contributed by atoms with E-state index in [9.17, 15) is 4.79 Å². The van der Waals surface area contributed by atoms with E-state index in [-0.39, 0.29) is 5.92 Å². The molecule has 0 N–H and O–H groups in total. The van der Waals surface area contributed by atoms with Crippen molar-refractivity contribution in [3.8, 4) is 0 Å². The van der Waals surface area contributed by atoms with Crippen LogP contribution in [0.4, 0.5) is 0 Å². The first kappa shape index (κ1) is 19.2. The number of hydrogen-bond donors (Lipinski definition) is 0. The van der Waals surface area contributed by atoms with Crippen LogP contribution in [-0.4, -0.2) is 65.0 Å². The minimum atomic E-state index is 0.141. The van der Waals surface area contributed by atoms with Crippen LogP contribution >= 0.6 is 0 Å². The van der Waals surface area contributed by atoms with Crippen molar-refractivity contribution in [2.24, 2.45) is 5.92 Å². The van der Waals surface area contributed by atoms with E-state index in [1.807, 2.05) is 13.0 Å². The van der Waals surface area contributed by atoms with E-state index >= 15 is 0 Å². The zero-order valence-corrected chi connectivity index (χ0v) is 16.7. The average Bonchev–Trinajstić information content (AvgIpc) is 3.13. The first-order chi connectivity index (χ1) is 13.7. The SMILES string of the molecule is Cc1cc(CN2CCN(C(=O)C3CCCN(Cc4ccccc4)C3)CC2)no1. The Kier molecular flexibility index (Phi) is 6.07. The third-order valence-electron chi connectivity index (χ3n) is 5.85. The lowest BCUT2D eigenvalue weighted by molar-refractivity contribution is -0.139. The number of carbonyl (C=O) groups excluding carboxylic acids is 1. The summed E-state index contributed by atoms with van der Waals surface area (Å²) in [6.45, 7) is 9.04. The van der Waals surface area contributed by atoms with Gasteiger partial charge in [-0.1, -0.05) is 35.5 Å². The predicted octanol–water partition coefficient (Wildman–Crippen LogP) is 2.54. The van der Waals surface area contributed by atoms with Crippen LogP contribution in [0.1, 0.15) is 29.9 Å². The third-order valence-corrected chi connectivity index (χ3v) is 5.85. The molecule has 6 nitrogen and oxygen atoms in total. The summed E-state index contributed by atoms with van der Waals surface area (Å²) in [7, 11) is 0. The quantitative estimate of drug-likeness (QED) is 0.795. The first-order valence-electron chi connectivity index (χ1n) is 10.4. The van der Waals surface area contributed by atoms with Crippen LogP contribution in [0.3, 0.4) is 0 Å². The summed E-state index contributed by atoms with van der Waals surface area (Å²) in [5, 5.41) is 4.08. The Bertz CT molecular complexity index is 768. The fourth-order valence-electron chi connectivity index (χ4n) is 4.35. The number of aromatic nitrogens is 1.